The van der Waals surface area contributed by atoms with Gasteiger partial charge in [0, 0.05) is 35.1 Å². The molecule has 0 amide bonds. The van der Waals surface area contributed by atoms with Crippen LogP contribution < -0.4 is 5.56 Å². The molecule has 0 aromatic carbocycles. The molecule has 4 aromatic rings. The Balaban J connectivity index is 1.56. The molecule has 136 valence electrons. The summed E-state index contributed by atoms with van der Waals surface area (Å²) in [4.78, 5) is 22.7. The fraction of sp³-hybridized carbons (Fsp3) is 0.238. The van der Waals surface area contributed by atoms with Gasteiger partial charge in [0.1, 0.15) is 5.65 Å². The van der Waals surface area contributed by atoms with Gasteiger partial charge >= 0.3 is 0 Å². The lowest BCUT2D eigenvalue weighted by Gasteiger charge is -2.35. The minimum atomic E-state index is -0.0143. The molecule has 5 rings (SSSR count). The molecule has 4 nitrogen and oxygen atoms in total. The molecule has 5 heterocycles. The van der Waals surface area contributed by atoms with Crippen molar-refractivity contribution in [2.24, 2.45) is 0 Å². The smallest absolute Gasteiger partial charge is 0.258 e. The summed E-state index contributed by atoms with van der Waals surface area (Å²) in [5, 5.41) is 4.33. The quantitative estimate of drug-likeness (QED) is 0.522. The van der Waals surface area contributed by atoms with Gasteiger partial charge in [-0.15, -0.1) is 22.7 Å². The first kappa shape index (κ1) is 16.9. The zero-order valence-electron chi connectivity index (χ0n) is 15.0. The second-order valence-electron chi connectivity index (χ2n) is 6.91. The largest absolute Gasteiger partial charge is 0.285 e. The van der Waals surface area contributed by atoms with E-state index in [1.54, 1.807) is 28.0 Å². The van der Waals surface area contributed by atoms with Crippen LogP contribution in [0.5, 0.6) is 0 Å². The molecule has 4 aromatic heterocycles. The molecule has 0 spiro atoms. The van der Waals surface area contributed by atoms with Gasteiger partial charge in [-0.1, -0.05) is 12.1 Å². The molecule has 0 bridgehead atoms. The second kappa shape index (κ2) is 6.71. The number of pyridine rings is 1. The number of thiophene rings is 2. The van der Waals surface area contributed by atoms with Crippen molar-refractivity contribution in [3.8, 4) is 0 Å². The summed E-state index contributed by atoms with van der Waals surface area (Å²) in [6, 6.07) is 12.4. The van der Waals surface area contributed by atoms with E-state index < -0.39 is 0 Å². The first-order chi connectivity index (χ1) is 13.2. The third kappa shape index (κ3) is 2.94. The van der Waals surface area contributed by atoms with E-state index in [2.05, 4.69) is 33.9 Å². The summed E-state index contributed by atoms with van der Waals surface area (Å²) in [5.41, 5.74) is 4.00. The number of aryl methyl sites for hydroxylation is 1. The van der Waals surface area contributed by atoms with Gasteiger partial charge in [0.25, 0.3) is 5.56 Å². The number of rotatable bonds is 3. The van der Waals surface area contributed by atoms with E-state index in [1.165, 1.54) is 15.3 Å². The maximum Gasteiger partial charge on any atom is 0.258 e. The lowest BCUT2D eigenvalue weighted by atomic mass is 9.98. The Labute approximate surface area is 165 Å². The van der Waals surface area contributed by atoms with E-state index in [-0.39, 0.29) is 11.6 Å². The molecule has 0 saturated carbocycles. The minimum absolute atomic E-state index is 0.0143. The van der Waals surface area contributed by atoms with Crippen molar-refractivity contribution in [2.75, 3.05) is 6.54 Å². The van der Waals surface area contributed by atoms with Crippen LogP contribution in [0.2, 0.25) is 0 Å². The monoisotopic (exact) mass is 393 g/mol. The minimum Gasteiger partial charge on any atom is -0.285 e. The lowest BCUT2D eigenvalue weighted by Crippen LogP contribution is -2.35. The van der Waals surface area contributed by atoms with Gasteiger partial charge < -0.3 is 0 Å². The van der Waals surface area contributed by atoms with E-state index in [0.717, 1.165) is 29.9 Å². The number of aromatic nitrogens is 2. The maximum absolute atomic E-state index is 12.6. The third-order valence-electron chi connectivity index (χ3n) is 5.18. The standard InChI is InChI=1S/C21H19N3OS2/c1-14-4-2-8-24-19(25)12-15(22-21(14)24)13-23-9-6-17-16(7-11-27-17)20(23)18-5-3-10-26-18/h2-5,7-8,10-12,20H,6,9,13H2,1H3. The number of hydrogen-bond donors (Lipinski definition) is 0. The molecule has 0 N–H and O–H groups in total. The van der Waals surface area contributed by atoms with Crippen LogP contribution in [0.4, 0.5) is 0 Å². The molecule has 1 unspecified atom stereocenters. The molecule has 1 aliphatic heterocycles. The summed E-state index contributed by atoms with van der Waals surface area (Å²) < 4.78 is 1.63. The van der Waals surface area contributed by atoms with Crippen molar-refractivity contribution in [3.63, 3.8) is 0 Å². The van der Waals surface area contributed by atoms with Crippen molar-refractivity contribution in [3.05, 3.63) is 90.3 Å². The molecule has 6 heteroatoms. The third-order valence-corrected chi connectivity index (χ3v) is 7.10. The summed E-state index contributed by atoms with van der Waals surface area (Å²) in [7, 11) is 0. The highest BCUT2D eigenvalue weighted by Gasteiger charge is 2.30. The molecule has 0 radical (unpaired) electrons. The number of fused-ring (bicyclic) bond motifs is 2. The SMILES string of the molecule is Cc1cccn2c(=O)cc(CN3CCc4sccc4C3c3cccs3)nc12. The van der Waals surface area contributed by atoms with Crippen LogP contribution in [-0.4, -0.2) is 20.8 Å². The van der Waals surface area contributed by atoms with Crippen molar-refractivity contribution in [1.29, 1.82) is 0 Å². The predicted octanol–water partition coefficient (Wildman–Crippen LogP) is 4.27. The van der Waals surface area contributed by atoms with Crippen LogP contribution in [0.3, 0.4) is 0 Å². The van der Waals surface area contributed by atoms with Gasteiger partial charge in [-0.2, -0.15) is 0 Å². The number of nitrogens with zero attached hydrogens (tertiary/aromatic N) is 3. The van der Waals surface area contributed by atoms with Gasteiger partial charge in [0.15, 0.2) is 0 Å². The molecular weight excluding hydrogens is 374 g/mol. The number of hydrogen-bond acceptors (Lipinski definition) is 5. The zero-order valence-corrected chi connectivity index (χ0v) is 16.6. The van der Waals surface area contributed by atoms with Crippen LogP contribution in [0.1, 0.15) is 32.6 Å². The van der Waals surface area contributed by atoms with Gasteiger partial charge in [-0.25, -0.2) is 4.98 Å². The highest BCUT2D eigenvalue weighted by atomic mass is 32.1. The average Bonchev–Trinajstić information content (AvgIpc) is 3.34. The Morgan fingerprint density at radius 1 is 1.19 bits per heavy atom. The van der Waals surface area contributed by atoms with E-state index in [0.29, 0.717) is 6.54 Å². The van der Waals surface area contributed by atoms with Crippen LogP contribution in [0, 0.1) is 6.92 Å². The van der Waals surface area contributed by atoms with E-state index >= 15 is 0 Å². The fourth-order valence-corrected chi connectivity index (χ4v) is 5.70. The van der Waals surface area contributed by atoms with E-state index in [9.17, 15) is 4.79 Å². The highest BCUT2D eigenvalue weighted by Crippen LogP contribution is 2.39. The lowest BCUT2D eigenvalue weighted by molar-refractivity contribution is 0.206. The van der Waals surface area contributed by atoms with Gasteiger partial charge in [-0.05, 0) is 53.4 Å². The highest BCUT2D eigenvalue weighted by molar-refractivity contribution is 7.10. The maximum atomic E-state index is 12.6. The molecular formula is C21H19N3OS2. The molecule has 0 saturated heterocycles. The summed E-state index contributed by atoms with van der Waals surface area (Å²) in [5.74, 6) is 0. The fourth-order valence-electron chi connectivity index (χ4n) is 3.92. The van der Waals surface area contributed by atoms with Gasteiger partial charge in [0.2, 0.25) is 0 Å². The Morgan fingerprint density at radius 3 is 2.96 bits per heavy atom. The molecule has 1 aliphatic rings. The van der Waals surface area contributed by atoms with Crippen LogP contribution in [0.25, 0.3) is 5.65 Å². The molecule has 0 fully saturated rings. The first-order valence-electron chi connectivity index (χ1n) is 9.02. The van der Waals surface area contributed by atoms with Crippen LogP contribution in [0.15, 0.2) is 58.1 Å². The first-order valence-corrected chi connectivity index (χ1v) is 10.8. The van der Waals surface area contributed by atoms with Crippen LogP contribution in [-0.2, 0) is 13.0 Å². The van der Waals surface area contributed by atoms with Gasteiger partial charge in [-0.3, -0.25) is 14.1 Å². The Bertz CT molecular complexity index is 1160. The van der Waals surface area contributed by atoms with Crippen molar-refractivity contribution < 1.29 is 0 Å². The Kier molecular flexibility index (Phi) is 4.19. The van der Waals surface area contributed by atoms with Crippen molar-refractivity contribution in [2.45, 2.75) is 25.9 Å². The van der Waals surface area contributed by atoms with E-state index in [4.69, 9.17) is 4.98 Å². The van der Waals surface area contributed by atoms with Crippen LogP contribution >= 0.6 is 22.7 Å². The summed E-state index contributed by atoms with van der Waals surface area (Å²) >= 11 is 3.65. The van der Waals surface area contributed by atoms with Crippen molar-refractivity contribution >= 4 is 28.3 Å². The topological polar surface area (TPSA) is 37.6 Å². The molecule has 0 aliphatic carbocycles. The van der Waals surface area contributed by atoms with Crippen molar-refractivity contribution in [1.82, 2.24) is 14.3 Å². The predicted molar refractivity (Wildman–Crippen MR) is 111 cm³/mol. The van der Waals surface area contributed by atoms with Gasteiger partial charge in [0.05, 0.1) is 11.7 Å². The zero-order chi connectivity index (χ0) is 18.4. The summed E-state index contributed by atoms with van der Waals surface area (Å²) in [6.07, 6.45) is 2.84. The second-order valence-corrected chi connectivity index (χ2v) is 8.89. The Morgan fingerprint density at radius 2 is 2.11 bits per heavy atom. The average molecular weight is 394 g/mol. The summed E-state index contributed by atoms with van der Waals surface area (Å²) in [6.45, 7) is 3.65. The Hall–Kier alpha value is -2.28. The molecule has 27 heavy (non-hydrogen) atoms. The normalized spacial score (nSPS) is 17.3. The van der Waals surface area contributed by atoms with E-state index in [1.807, 2.05) is 30.4 Å². The molecule has 1 atom stereocenters.